The molecule has 0 heterocycles. The van der Waals surface area contributed by atoms with Gasteiger partial charge in [-0.3, -0.25) is 4.79 Å². The number of hydrogen-bond acceptors (Lipinski definition) is 1. The minimum atomic E-state index is -0.316. The largest absolute Gasteiger partial charge is 0.323 e. The molecule has 2 nitrogen and oxygen atoms in total. The molecule has 0 unspecified atom stereocenters. The summed E-state index contributed by atoms with van der Waals surface area (Å²) in [4.78, 5) is 11.0. The van der Waals surface area contributed by atoms with Crippen molar-refractivity contribution in [1.82, 2.24) is 0 Å². The molecule has 1 N–H and O–H groups in total. The van der Waals surface area contributed by atoms with E-state index in [0.29, 0.717) is 5.69 Å². The van der Waals surface area contributed by atoms with Gasteiger partial charge in [0.25, 0.3) is 0 Å². The first-order valence-electron chi connectivity index (χ1n) is 3.91. The fourth-order valence-electron chi connectivity index (χ4n) is 0.869. The van der Waals surface area contributed by atoms with Gasteiger partial charge in [0.2, 0.25) is 5.91 Å². The Morgan fingerprint density at radius 1 is 1.38 bits per heavy atom. The summed E-state index contributed by atoms with van der Waals surface area (Å²) in [5.74, 6) is -0.529. The van der Waals surface area contributed by atoms with Crippen LogP contribution >= 0.6 is 0 Å². The maximum Gasteiger partial charge on any atom is 0.248 e. The summed E-state index contributed by atoms with van der Waals surface area (Å²) in [6.07, 6.45) is 3.04. The molecule has 0 radical (unpaired) electrons. The van der Waals surface area contributed by atoms with E-state index >= 15 is 0 Å². The van der Waals surface area contributed by atoms with E-state index in [9.17, 15) is 9.18 Å². The van der Waals surface area contributed by atoms with Gasteiger partial charge in [0.1, 0.15) is 5.82 Å². The molecule has 1 amide bonds. The molecule has 0 spiro atoms. The quantitative estimate of drug-likeness (QED) is 0.693. The van der Waals surface area contributed by atoms with Crippen LogP contribution in [0.25, 0.3) is 0 Å². The van der Waals surface area contributed by atoms with Gasteiger partial charge in [-0.2, -0.15) is 0 Å². The lowest BCUT2D eigenvalue weighted by atomic mass is 10.3. The van der Waals surface area contributed by atoms with E-state index in [2.05, 4.69) is 5.32 Å². The zero-order valence-corrected chi connectivity index (χ0v) is 7.25. The van der Waals surface area contributed by atoms with E-state index in [0.717, 1.165) is 0 Å². The SMILES string of the molecule is C/C=C\C(=O)Nc1ccc(F)cc1. The first kappa shape index (κ1) is 9.45. The molecule has 3 heteroatoms. The standard InChI is InChI=1S/C10H10FNO/c1-2-3-10(13)12-9-6-4-8(11)5-7-9/h2-7H,1H3,(H,12,13)/b3-2-. The van der Waals surface area contributed by atoms with E-state index in [1.165, 1.54) is 30.3 Å². The highest BCUT2D eigenvalue weighted by molar-refractivity contribution is 5.99. The number of carbonyl (C=O) groups is 1. The van der Waals surface area contributed by atoms with Crippen LogP contribution in [0.3, 0.4) is 0 Å². The Bertz CT molecular complexity index is 316. The predicted octanol–water partition coefficient (Wildman–Crippen LogP) is 2.34. The van der Waals surface area contributed by atoms with Crippen molar-refractivity contribution in [2.45, 2.75) is 6.92 Å². The summed E-state index contributed by atoms with van der Waals surface area (Å²) in [6.45, 7) is 1.75. The fourth-order valence-corrected chi connectivity index (χ4v) is 0.869. The number of carbonyl (C=O) groups excluding carboxylic acids is 1. The van der Waals surface area contributed by atoms with Gasteiger partial charge in [-0.05, 0) is 37.3 Å². The minimum absolute atomic E-state index is 0.214. The highest BCUT2D eigenvalue weighted by atomic mass is 19.1. The Morgan fingerprint density at radius 2 is 2.00 bits per heavy atom. The van der Waals surface area contributed by atoms with Crippen LogP contribution in [0.15, 0.2) is 36.4 Å². The molecule has 0 aliphatic rings. The Balaban J connectivity index is 2.64. The number of nitrogens with one attached hydrogen (secondary N) is 1. The van der Waals surface area contributed by atoms with Crippen molar-refractivity contribution in [3.8, 4) is 0 Å². The molecule has 0 aliphatic carbocycles. The summed E-state index contributed by atoms with van der Waals surface area (Å²) in [5.41, 5.74) is 0.588. The zero-order chi connectivity index (χ0) is 9.68. The van der Waals surface area contributed by atoms with E-state index in [1.54, 1.807) is 13.0 Å². The van der Waals surface area contributed by atoms with Crippen molar-refractivity contribution in [3.05, 3.63) is 42.2 Å². The third kappa shape index (κ3) is 3.07. The lowest BCUT2D eigenvalue weighted by molar-refractivity contribution is -0.111. The molecule has 0 aromatic heterocycles. The van der Waals surface area contributed by atoms with Gasteiger partial charge in [-0.15, -0.1) is 0 Å². The molecular formula is C10H10FNO. The molecule has 0 aliphatic heterocycles. The Hall–Kier alpha value is -1.64. The molecule has 1 rings (SSSR count). The number of amides is 1. The zero-order valence-electron chi connectivity index (χ0n) is 7.25. The second kappa shape index (κ2) is 4.40. The van der Waals surface area contributed by atoms with Gasteiger partial charge >= 0.3 is 0 Å². The molecule has 68 valence electrons. The van der Waals surface area contributed by atoms with E-state index in [-0.39, 0.29) is 11.7 Å². The fraction of sp³-hybridized carbons (Fsp3) is 0.100. The molecule has 13 heavy (non-hydrogen) atoms. The summed E-state index contributed by atoms with van der Waals surface area (Å²) in [5, 5.41) is 2.58. The average molecular weight is 179 g/mol. The third-order valence-corrected chi connectivity index (χ3v) is 1.43. The normalized spacial score (nSPS) is 10.3. The van der Waals surface area contributed by atoms with Crippen molar-refractivity contribution < 1.29 is 9.18 Å². The van der Waals surface area contributed by atoms with Gasteiger partial charge < -0.3 is 5.32 Å². The Labute approximate surface area is 76.1 Å². The van der Waals surface area contributed by atoms with Gasteiger partial charge in [0.15, 0.2) is 0 Å². The van der Waals surface area contributed by atoms with E-state index in [4.69, 9.17) is 0 Å². The molecular weight excluding hydrogens is 169 g/mol. The second-order valence-corrected chi connectivity index (χ2v) is 2.50. The number of rotatable bonds is 2. The minimum Gasteiger partial charge on any atom is -0.323 e. The summed E-state index contributed by atoms with van der Waals surface area (Å²) >= 11 is 0. The molecule has 0 atom stereocenters. The van der Waals surface area contributed by atoms with Gasteiger partial charge in [0.05, 0.1) is 0 Å². The maximum absolute atomic E-state index is 12.4. The van der Waals surface area contributed by atoms with Crippen molar-refractivity contribution >= 4 is 11.6 Å². The number of hydrogen-bond donors (Lipinski definition) is 1. The summed E-state index contributed by atoms with van der Waals surface area (Å²) in [6, 6.07) is 5.62. The van der Waals surface area contributed by atoms with Crippen LogP contribution in [0, 0.1) is 5.82 Å². The highest BCUT2D eigenvalue weighted by Gasteiger charge is 1.96. The van der Waals surface area contributed by atoms with Gasteiger partial charge in [-0.1, -0.05) is 6.08 Å². The van der Waals surface area contributed by atoms with E-state index < -0.39 is 0 Å². The molecule has 0 fully saturated rings. The summed E-state index contributed by atoms with van der Waals surface area (Å²) in [7, 11) is 0. The first-order chi connectivity index (χ1) is 6.22. The summed E-state index contributed by atoms with van der Waals surface area (Å²) < 4.78 is 12.4. The van der Waals surface area contributed by atoms with Crippen LogP contribution in [0.5, 0.6) is 0 Å². The van der Waals surface area contributed by atoms with Crippen LogP contribution in [-0.2, 0) is 4.79 Å². The molecule has 0 bridgehead atoms. The maximum atomic E-state index is 12.4. The third-order valence-electron chi connectivity index (χ3n) is 1.43. The first-order valence-corrected chi connectivity index (χ1v) is 3.91. The van der Waals surface area contributed by atoms with E-state index in [1.807, 2.05) is 0 Å². The monoisotopic (exact) mass is 179 g/mol. The molecule has 0 saturated heterocycles. The van der Waals surface area contributed by atoms with Crippen LogP contribution in [0.1, 0.15) is 6.92 Å². The van der Waals surface area contributed by atoms with Crippen LogP contribution in [-0.4, -0.2) is 5.91 Å². The van der Waals surface area contributed by atoms with Crippen molar-refractivity contribution in [2.24, 2.45) is 0 Å². The molecule has 0 saturated carbocycles. The predicted molar refractivity (Wildman–Crippen MR) is 49.8 cm³/mol. The molecule has 1 aromatic rings. The van der Waals surface area contributed by atoms with Gasteiger partial charge in [-0.25, -0.2) is 4.39 Å². The van der Waals surface area contributed by atoms with Crippen molar-refractivity contribution in [1.29, 1.82) is 0 Å². The van der Waals surface area contributed by atoms with Crippen molar-refractivity contribution in [3.63, 3.8) is 0 Å². The number of anilines is 1. The Kier molecular flexibility index (Phi) is 3.20. The van der Waals surface area contributed by atoms with Gasteiger partial charge in [0, 0.05) is 5.69 Å². The molecule has 1 aromatic carbocycles. The highest BCUT2D eigenvalue weighted by Crippen LogP contribution is 2.07. The lowest BCUT2D eigenvalue weighted by Crippen LogP contribution is -2.07. The van der Waals surface area contributed by atoms with Crippen molar-refractivity contribution in [2.75, 3.05) is 5.32 Å². The van der Waals surface area contributed by atoms with Crippen LogP contribution in [0.4, 0.5) is 10.1 Å². The topological polar surface area (TPSA) is 29.1 Å². The Morgan fingerprint density at radius 3 is 2.54 bits per heavy atom. The number of allylic oxidation sites excluding steroid dienone is 1. The lowest BCUT2D eigenvalue weighted by Gasteiger charge is -2.00. The smallest absolute Gasteiger partial charge is 0.248 e. The number of halogens is 1. The second-order valence-electron chi connectivity index (χ2n) is 2.50. The average Bonchev–Trinajstić information content (AvgIpc) is 2.09. The van der Waals surface area contributed by atoms with Crippen LogP contribution < -0.4 is 5.32 Å². The van der Waals surface area contributed by atoms with Crippen LogP contribution in [0.2, 0.25) is 0 Å². The number of benzene rings is 1.